The maximum atomic E-state index is 12.8. The summed E-state index contributed by atoms with van der Waals surface area (Å²) in [4.78, 5) is 35.7. The Bertz CT molecular complexity index is 1220. The summed E-state index contributed by atoms with van der Waals surface area (Å²) in [5.74, 6) is -2.41. The third-order valence-corrected chi connectivity index (χ3v) is 4.84. The number of carboxylic acids is 1. The Morgan fingerprint density at radius 3 is 2.23 bits per heavy atom. The van der Waals surface area contributed by atoms with Gasteiger partial charge in [0.2, 0.25) is 5.76 Å². The van der Waals surface area contributed by atoms with Gasteiger partial charge in [-0.25, -0.2) is 9.59 Å². The monoisotopic (exact) mass is 490 g/mol. The number of carbonyl (C=O) groups is 3. The topological polar surface area (TPSA) is 134 Å². The van der Waals surface area contributed by atoms with Gasteiger partial charge < -0.3 is 25.6 Å². The number of carboxylic acid groups (broad SMARTS) is 1. The van der Waals surface area contributed by atoms with Crippen molar-refractivity contribution < 1.29 is 37.2 Å². The normalized spacial score (nSPS) is 12.2. The van der Waals surface area contributed by atoms with Crippen LogP contribution in [0.5, 0.6) is 0 Å². The van der Waals surface area contributed by atoms with Crippen LogP contribution in [0.2, 0.25) is 0 Å². The summed E-state index contributed by atoms with van der Waals surface area (Å²) in [6, 6.07) is 9.94. The number of hydrogen-bond donors (Lipinski definition) is 4. The Morgan fingerprint density at radius 1 is 0.971 bits per heavy atom. The molecule has 35 heavy (non-hydrogen) atoms. The molecule has 0 saturated heterocycles. The molecule has 0 aliphatic rings. The van der Waals surface area contributed by atoms with Gasteiger partial charge >= 0.3 is 18.2 Å². The molecule has 3 rings (SSSR count). The minimum absolute atomic E-state index is 0.0232. The Balaban J connectivity index is 1.62. The van der Waals surface area contributed by atoms with Gasteiger partial charge in [0.15, 0.2) is 0 Å². The number of nitrogens with one attached hydrogen (secondary N) is 3. The van der Waals surface area contributed by atoms with Gasteiger partial charge in [-0.15, -0.1) is 0 Å². The maximum Gasteiger partial charge on any atom is 0.416 e. The van der Waals surface area contributed by atoms with Crippen molar-refractivity contribution in [2.75, 3.05) is 10.6 Å². The van der Waals surface area contributed by atoms with Gasteiger partial charge in [-0.1, -0.05) is 37.2 Å². The molecule has 0 unspecified atom stereocenters. The highest BCUT2D eigenvalue weighted by Crippen LogP contribution is 2.30. The zero-order valence-corrected chi connectivity index (χ0v) is 18.5. The van der Waals surface area contributed by atoms with Gasteiger partial charge in [0, 0.05) is 23.0 Å². The molecule has 1 atom stereocenters. The van der Waals surface area contributed by atoms with E-state index < -0.39 is 35.7 Å². The van der Waals surface area contributed by atoms with E-state index in [1.54, 1.807) is 26.0 Å². The highest BCUT2D eigenvalue weighted by Gasteiger charge is 2.30. The van der Waals surface area contributed by atoms with Crippen molar-refractivity contribution in [1.82, 2.24) is 10.5 Å². The van der Waals surface area contributed by atoms with Crippen LogP contribution >= 0.6 is 0 Å². The first-order chi connectivity index (χ1) is 16.4. The summed E-state index contributed by atoms with van der Waals surface area (Å²) in [7, 11) is 0. The van der Waals surface area contributed by atoms with Crippen LogP contribution in [0.15, 0.2) is 59.1 Å². The van der Waals surface area contributed by atoms with Gasteiger partial charge in [0.05, 0.1) is 5.56 Å². The maximum absolute atomic E-state index is 12.8. The molecule has 0 bridgehead atoms. The zero-order valence-electron chi connectivity index (χ0n) is 18.5. The number of aromatic nitrogens is 1. The van der Waals surface area contributed by atoms with Crippen LogP contribution in [0.4, 0.5) is 29.3 Å². The van der Waals surface area contributed by atoms with Gasteiger partial charge in [-0.3, -0.25) is 4.79 Å². The minimum atomic E-state index is -4.53. The van der Waals surface area contributed by atoms with E-state index in [9.17, 15) is 32.7 Å². The molecule has 2 aromatic carbocycles. The van der Waals surface area contributed by atoms with Crippen molar-refractivity contribution in [2.24, 2.45) is 5.92 Å². The first-order valence-corrected chi connectivity index (χ1v) is 10.3. The highest BCUT2D eigenvalue weighted by molar-refractivity contribution is 6.00. The summed E-state index contributed by atoms with van der Waals surface area (Å²) in [6.07, 6.45) is -4.53. The van der Waals surface area contributed by atoms with Crippen LogP contribution in [-0.2, 0) is 11.0 Å². The number of carbonyl (C=O) groups excluding carboxylic acids is 2. The molecule has 12 heteroatoms. The number of aliphatic carboxylic acids is 1. The highest BCUT2D eigenvalue weighted by atomic mass is 19.4. The minimum Gasteiger partial charge on any atom is -0.480 e. The second kappa shape index (κ2) is 10.3. The van der Waals surface area contributed by atoms with Gasteiger partial charge in [0.1, 0.15) is 11.7 Å². The Hall–Kier alpha value is -4.35. The van der Waals surface area contributed by atoms with Crippen LogP contribution < -0.4 is 16.0 Å². The van der Waals surface area contributed by atoms with Crippen LogP contribution in [0, 0.1) is 5.92 Å². The third kappa shape index (κ3) is 6.59. The number of hydrogen-bond acceptors (Lipinski definition) is 5. The molecule has 0 spiro atoms. The summed E-state index contributed by atoms with van der Waals surface area (Å²) in [5.41, 5.74) is 0.274. The molecule has 0 saturated carbocycles. The SMILES string of the molecule is CC(C)[C@H](NC(=O)c1cc(-c2ccc(NC(=O)Nc3cccc(C(F)(F)F)c3)cc2)no1)C(=O)O. The largest absolute Gasteiger partial charge is 0.480 e. The Morgan fingerprint density at radius 2 is 1.63 bits per heavy atom. The lowest BCUT2D eigenvalue weighted by Crippen LogP contribution is -2.44. The molecule has 3 aromatic rings. The van der Waals surface area contributed by atoms with Gasteiger partial charge in [-0.2, -0.15) is 13.2 Å². The van der Waals surface area contributed by atoms with Crippen LogP contribution in [0.3, 0.4) is 0 Å². The first kappa shape index (κ1) is 25.3. The lowest BCUT2D eigenvalue weighted by molar-refractivity contribution is -0.140. The molecular weight excluding hydrogens is 469 g/mol. The standard InChI is InChI=1S/C23H21F3N4O5/c1-12(2)19(21(32)33)29-20(31)18-11-17(30-35-18)13-6-8-15(9-7-13)27-22(34)28-16-5-3-4-14(10-16)23(24,25)26/h3-12,19H,1-2H3,(H,29,31)(H,32,33)(H2,27,28,34)/t19-/m0/s1. The molecule has 0 aliphatic heterocycles. The molecule has 184 valence electrons. The lowest BCUT2D eigenvalue weighted by atomic mass is 10.0. The summed E-state index contributed by atoms with van der Waals surface area (Å²) < 4.78 is 43.4. The molecule has 9 nitrogen and oxygen atoms in total. The number of halogens is 3. The zero-order chi connectivity index (χ0) is 25.8. The van der Waals surface area contributed by atoms with Gasteiger partial charge in [-0.05, 0) is 36.2 Å². The number of rotatable bonds is 7. The van der Waals surface area contributed by atoms with Crippen molar-refractivity contribution in [1.29, 1.82) is 0 Å². The predicted octanol–water partition coefficient (Wildman–Crippen LogP) is 4.84. The Labute approximate surface area is 197 Å². The van der Waals surface area contributed by atoms with E-state index >= 15 is 0 Å². The molecular formula is C23H21F3N4O5. The Kier molecular flexibility index (Phi) is 7.43. The number of alkyl halides is 3. The van der Waals surface area contributed by atoms with Crippen LogP contribution in [0.1, 0.15) is 30.0 Å². The van der Waals surface area contributed by atoms with E-state index in [0.717, 1.165) is 12.1 Å². The van der Waals surface area contributed by atoms with Crippen LogP contribution in [-0.4, -0.2) is 34.2 Å². The van der Waals surface area contributed by atoms with Crippen molar-refractivity contribution >= 4 is 29.3 Å². The summed E-state index contributed by atoms with van der Waals surface area (Å²) >= 11 is 0. The average molecular weight is 490 g/mol. The van der Waals surface area contributed by atoms with E-state index in [1.165, 1.54) is 30.3 Å². The van der Waals surface area contributed by atoms with E-state index in [-0.39, 0.29) is 17.4 Å². The molecule has 3 amide bonds. The number of amides is 3. The van der Waals surface area contributed by atoms with Gasteiger partial charge in [0.25, 0.3) is 5.91 Å². The number of urea groups is 1. The smallest absolute Gasteiger partial charge is 0.416 e. The molecule has 1 heterocycles. The summed E-state index contributed by atoms with van der Waals surface area (Å²) in [5, 5.41) is 20.2. The van der Waals surface area contributed by atoms with Crippen molar-refractivity contribution in [2.45, 2.75) is 26.1 Å². The molecule has 0 radical (unpaired) electrons. The molecule has 1 aromatic heterocycles. The van der Waals surface area contributed by atoms with E-state index in [2.05, 4.69) is 21.1 Å². The third-order valence-electron chi connectivity index (χ3n) is 4.84. The average Bonchev–Trinajstić information content (AvgIpc) is 3.27. The number of anilines is 2. The molecule has 0 fully saturated rings. The fourth-order valence-electron chi connectivity index (χ4n) is 3.04. The van der Waals surface area contributed by atoms with E-state index in [0.29, 0.717) is 16.9 Å². The van der Waals surface area contributed by atoms with Crippen molar-refractivity contribution in [3.63, 3.8) is 0 Å². The molecule has 0 aliphatic carbocycles. The molecule has 4 N–H and O–H groups in total. The predicted molar refractivity (Wildman–Crippen MR) is 120 cm³/mol. The quantitative estimate of drug-likeness (QED) is 0.374. The fraction of sp³-hybridized carbons (Fsp3) is 0.217. The van der Waals surface area contributed by atoms with Crippen molar-refractivity contribution in [3.05, 3.63) is 65.9 Å². The fourth-order valence-corrected chi connectivity index (χ4v) is 3.04. The first-order valence-electron chi connectivity index (χ1n) is 10.3. The number of benzene rings is 2. The second-order valence-electron chi connectivity index (χ2n) is 7.84. The second-order valence-corrected chi connectivity index (χ2v) is 7.84. The lowest BCUT2D eigenvalue weighted by Gasteiger charge is -2.16. The number of nitrogens with zero attached hydrogens (tertiary/aromatic N) is 1. The van der Waals surface area contributed by atoms with Crippen LogP contribution in [0.25, 0.3) is 11.3 Å². The van der Waals surface area contributed by atoms with E-state index in [4.69, 9.17) is 4.52 Å². The van der Waals surface area contributed by atoms with Crippen molar-refractivity contribution in [3.8, 4) is 11.3 Å². The van der Waals surface area contributed by atoms with E-state index in [1.807, 2.05) is 0 Å². The summed E-state index contributed by atoms with van der Waals surface area (Å²) in [6.45, 7) is 3.31.